The first-order chi connectivity index (χ1) is 4.93. The highest BCUT2D eigenvalue weighted by Crippen LogP contribution is 2.22. The summed E-state index contributed by atoms with van der Waals surface area (Å²) < 4.78 is 3.24. The van der Waals surface area contributed by atoms with Crippen molar-refractivity contribution in [3.8, 4) is 0 Å². The third kappa shape index (κ3) is 3.19. The number of nitrogens with one attached hydrogen (secondary N) is 1. The summed E-state index contributed by atoms with van der Waals surface area (Å²) >= 11 is 2.25. The Bertz CT molecular complexity index is 77.3. The minimum atomic E-state index is 0.972. The van der Waals surface area contributed by atoms with Gasteiger partial charge in [-0.3, -0.25) is 3.53 Å². The maximum Gasteiger partial charge on any atom is 0.0169 e. The normalized spacial score (nSPS) is 22.5. The largest absolute Gasteiger partial charge is 0.261 e. The van der Waals surface area contributed by atoms with E-state index in [2.05, 4.69) is 26.4 Å². The molecule has 0 aromatic rings. The molecule has 1 fully saturated rings. The van der Waals surface area contributed by atoms with E-state index < -0.39 is 0 Å². The molecule has 0 radical (unpaired) electrons. The highest BCUT2D eigenvalue weighted by molar-refractivity contribution is 14.1. The molecular formula is C8H16IN. The zero-order chi connectivity index (χ0) is 7.23. The van der Waals surface area contributed by atoms with Crippen LogP contribution >= 0.6 is 22.9 Å². The Morgan fingerprint density at radius 2 is 1.70 bits per heavy atom. The molecule has 1 N–H and O–H groups in total. The summed E-state index contributed by atoms with van der Waals surface area (Å²) in [5, 5.41) is 0. The Kier molecular flexibility index (Phi) is 4.70. The second-order valence-electron chi connectivity index (χ2n) is 3.20. The van der Waals surface area contributed by atoms with E-state index in [4.69, 9.17) is 0 Å². The lowest BCUT2D eigenvalue weighted by atomic mass is 10.0. The van der Waals surface area contributed by atoms with Gasteiger partial charge in [-0.25, -0.2) is 0 Å². The number of hydrogen-bond acceptors (Lipinski definition) is 1. The Labute approximate surface area is 77.5 Å². The van der Waals surface area contributed by atoms with Crippen LogP contribution in [0, 0.1) is 5.92 Å². The van der Waals surface area contributed by atoms with E-state index in [-0.39, 0.29) is 0 Å². The second kappa shape index (κ2) is 5.35. The molecule has 1 aliphatic carbocycles. The highest BCUT2D eigenvalue weighted by Gasteiger charge is 2.10. The zero-order valence-corrected chi connectivity index (χ0v) is 8.56. The van der Waals surface area contributed by atoms with Crippen LogP contribution in [0.5, 0.6) is 0 Å². The lowest BCUT2D eigenvalue weighted by Crippen LogP contribution is -2.13. The fourth-order valence-corrected chi connectivity index (χ4v) is 2.30. The molecule has 1 aliphatic rings. The average Bonchev–Trinajstić information content (AvgIpc) is 2.17. The zero-order valence-electron chi connectivity index (χ0n) is 6.41. The van der Waals surface area contributed by atoms with Gasteiger partial charge in [0.2, 0.25) is 0 Å². The van der Waals surface area contributed by atoms with Crippen LogP contribution in [0.25, 0.3) is 0 Å². The van der Waals surface area contributed by atoms with Crippen molar-refractivity contribution in [1.29, 1.82) is 0 Å². The van der Waals surface area contributed by atoms with E-state index >= 15 is 0 Å². The lowest BCUT2D eigenvalue weighted by Gasteiger charge is -2.10. The standard InChI is InChI=1S/C8H16IN/c9-10-7-8-5-3-1-2-4-6-8/h8,10H,1-7H2. The summed E-state index contributed by atoms with van der Waals surface area (Å²) in [7, 11) is 0. The van der Waals surface area contributed by atoms with Gasteiger partial charge in [0.05, 0.1) is 0 Å². The van der Waals surface area contributed by atoms with Gasteiger partial charge in [0, 0.05) is 29.4 Å². The summed E-state index contributed by atoms with van der Waals surface area (Å²) in [4.78, 5) is 0. The van der Waals surface area contributed by atoms with E-state index in [0.717, 1.165) is 5.92 Å². The Hall–Kier alpha value is 0.690. The maximum atomic E-state index is 3.24. The molecule has 2 heteroatoms. The van der Waals surface area contributed by atoms with Crippen molar-refractivity contribution in [2.24, 2.45) is 5.92 Å². The van der Waals surface area contributed by atoms with Crippen LogP contribution in [-0.2, 0) is 0 Å². The Balaban J connectivity index is 2.15. The van der Waals surface area contributed by atoms with Crippen LogP contribution in [0.15, 0.2) is 0 Å². The lowest BCUT2D eigenvalue weighted by molar-refractivity contribution is 0.464. The molecule has 0 aliphatic heterocycles. The topological polar surface area (TPSA) is 12.0 Å². The van der Waals surface area contributed by atoms with Gasteiger partial charge in [-0.2, -0.15) is 0 Å². The summed E-state index contributed by atoms with van der Waals surface area (Å²) in [5.74, 6) is 0.972. The summed E-state index contributed by atoms with van der Waals surface area (Å²) in [6.07, 6.45) is 8.77. The fraction of sp³-hybridized carbons (Fsp3) is 1.00. The maximum absolute atomic E-state index is 3.24. The molecular weight excluding hydrogens is 237 g/mol. The van der Waals surface area contributed by atoms with E-state index in [1.807, 2.05) is 0 Å². The Morgan fingerprint density at radius 1 is 1.10 bits per heavy atom. The molecule has 0 atom stereocenters. The molecule has 60 valence electrons. The highest BCUT2D eigenvalue weighted by atomic mass is 127. The third-order valence-corrected chi connectivity index (χ3v) is 2.78. The van der Waals surface area contributed by atoms with Crippen molar-refractivity contribution >= 4 is 22.9 Å². The molecule has 0 spiro atoms. The average molecular weight is 253 g/mol. The summed E-state index contributed by atoms with van der Waals surface area (Å²) in [5.41, 5.74) is 0. The molecule has 0 aromatic heterocycles. The van der Waals surface area contributed by atoms with E-state index in [1.165, 1.54) is 45.1 Å². The molecule has 0 saturated heterocycles. The molecule has 0 amide bonds. The fourth-order valence-electron chi connectivity index (χ4n) is 1.68. The van der Waals surface area contributed by atoms with Crippen molar-refractivity contribution in [3.05, 3.63) is 0 Å². The molecule has 1 saturated carbocycles. The number of hydrogen-bond donors (Lipinski definition) is 1. The van der Waals surface area contributed by atoms with Crippen LogP contribution in [0.4, 0.5) is 0 Å². The first-order valence-corrected chi connectivity index (χ1v) is 5.35. The molecule has 1 nitrogen and oxygen atoms in total. The SMILES string of the molecule is INCC1CCCCCC1. The van der Waals surface area contributed by atoms with Crippen LogP contribution in [0.3, 0.4) is 0 Å². The van der Waals surface area contributed by atoms with Crippen molar-refractivity contribution in [2.45, 2.75) is 38.5 Å². The van der Waals surface area contributed by atoms with Gasteiger partial charge in [-0.15, -0.1) is 0 Å². The Morgan fingerprint density at radius 3 is 2.20 bits per heavy atom. The summed E-state index contributed by atoms with van der Waals surface area (Å²) in [6, 6.07) is 0. The molecule has 0 bridgehead atoms. The van der Waals surface area contributed by atoms with Crippen molar-refractivity contribution in [2.75, 3.05) is 6.54 Å². The third-order valence-electron chi connectivity index (χ3n) is 2.34. The van der Waals surface area contributed by atoms with Crippen molar-refractivity contribution < 1.29 is 0 Å². The monoisotopic (exact) mass is 253 g/mol. The number of rotatable bonds is 2. The predicted octanol–water partition coefficient (Wildman–Crippen LogP) is 2.90. The number of halogens is 1. The molecule has 0 heterocycles. The molecule has 0 aromatic carbocycles. The predicted molar refractivity (Wildman–Crippen MR) is 53.2 cm³/mol. The molecule has 1 rings (SSSR count). The van der Waals surface area contributed by atoms with E-state index in [0.29, 0.717) is 0 Å². The van der Waals surface area contributed by atoms with Crippen molar-refractivity contribution in [1.82, 2.24) is 3.53 Å². The van der Waals surface area contributed by atoms with Gasteiger partial charge < -0.3 is 0 Å². The van der Waals surface area contributed by atoms with Gasteiger partial charge in [-0.1, -0.05) is 25.7 Å². The van der Waals surface area contributed by atoms with Gasteiger partial charge in [0.25, 0.3) is 0 Å². The molecule has 10 heavy (non-hydrogen) atoms. The quantitative estimate of drug-likeness (QED) is 0.453. The second-order valence-corrected chi connectivity index (χ2v) is 3.96. The van der Waals surface area contributed by atoms with Crippen molar-refractivity contribution in [3.63, 3.8) is 0 Å². The van der Waals surface area contributed by atoms with Crippen LogP contribution in [0.2, 0.25) is 0 Å². The van der Waals surface area contributed by atoms with E-state index in [1.54, 1.807) is 0 Å². The van der Waals surface area contributed by atoms with Crippen LogP contribution in [0.1, 0.15) is 38.5 Å². The van der Waals surface area contributed by atoms with Crippen LogP contribution in [-0.4, -0.2) is 6.54 Å². The van der Waals surface area contributed by atoms with E-state index in [9.17, 15) is 0 Å². The van der Waals surface area contributed by atoms with Gasteiger partial charge >= 0.3 is 0 Å². The first kappa shape index (κ1) is 8.78. The van der Waals surface area contributed by atoms with Gasteiger partial charge in [0.1, 0.15) is 0 Å². The smallest absolute Gasteiger partial charge is 0.0169 e. The minimum absolute atomic E-state index is 0.972. The van der Waals surface area contributed by atoms with Gasteiger partial charge in [-0.05, 0) is 18.8 Å². The molecule has 0 unspecified atom stereocenters. The van der Waals surface area contributed by atoms with Gasteiger partial charge in [0.15, 0.2) is 0 Å². The first-order valence-electron chi connectivity index (χ1n) is 4.27. The minimum Gasteiger partial charge on any atom is -0.261 e. The van der Waals surface area contributed by atoms with Crippen LogP contribution < -0.4 is 3.53 Å². The summed E-state index contributed by atoms with van der Waals surface area (Å²) in [6.45, 7) is 1.22.